The lowest BCUT2D eigenvalue weighted by atomic mass is 9.96. The molecule has 6 nitrogen and oxygen atoms in total. The molecule has 2 unspecified atom stereocenters. The summed E-state index contributed by atoms with van der Waals surface area (Å²) < 4.78 is 16.2. The average molecular weight is 528 g/mol. The fourth-order valence-electron chi connectivity index (χ4n) is 5.23. The number of aromatic nitrogens is 2. The highest BCUT2D eigenvalue weighted by molar-refractivity contribution is 7.80. The first-order chi connectivity index (χ1) is 18.3. The van der Waals surface area contributed by atoms with E-state index in [9.17, 15) is 9.18 Å². The summed E-state index contributed by atoms with van der Waals surface area (Å²) >= 11 is 5.90. The first-order valence-electron chi connectivity index (χ1n) is 12.6. The number of benzene rings is 2. The van der Waals surface area contributed by atoms with Gasteiger partial charge in [0.05, 0.1) is 17.8 Å². The Kier molecular flexibility index (Phi) is 6.99. The Bertz CT molecular complexity index is 1520. The van der Waals surface area contributed by atoms with E-state index in [-0.39, 0.29) is 23.8 Å². The predicted molar refractivity (Wildman–Crippen MR) is 153 cm³/mol. The molecule has 8 heteroatoms. The molecule has 5 rings (SSSR count). The van der Waals surface area contributed by atoms with Crippen LogP contribution in [0.4, 0.5) is 15.8 Å². The van der Waals surface area contributed by atoms with E-state index >= 15 is 0 Å². The second kappa shape index (κ2) is 10.4. The summed E-state index contributed by atoms with van der Waals surface area (Å²) in [4.78, 5) is 18.8. The lowest BCUT2D eigenvalue weighted by molar-refractivity contribution is -0.115. The van der Waals surface area contributed by atoms with Gasteiger partial charge in [-0.2, -0.15) is 0 Å². The topological polar surface area (TPSA) is 62.2 Å². The molecular weight excluding hydrogens is 497 g/mol. The number of carbonyl (C=O) groups excluding carboxylic acids is 1. The molecule has 0 aliphatic carbocycles. The van der Waals surface area contributed by atoms with Crippen molar-refractivity contribution in [2.45, 2.75) is 46.2 Å². The molecule has 3 heterocycles. The molecule has 194 valence electrons. The number of nitrogens with zero attached hydrogens (tertiary/aromatic N) is 3. The Morgan fingerprint density at radius 1 is 1.05 bits per heavy atom. The van der Waals surface area contributed by atoms with E-state index < -0.39 is 0 Å². The molecule has 0 bridgehead atoms. The van der Waals surface area contributed by atoms with Crippen molar-refractivity contribution >= 4 is 34.6 Å². The van der Waals surface area contributed by atoms with Crippen LogP contribution >= 0.6 is 12.2 Å². The van der Waals surface area contributed by atoms with Crippen molar-refractivity contribution < 1.29 is 9.18 Å². The molecule has 2 N–H and O–H groups in total. The van der Waals surface area contributed by atoms with Crippen LogP contribution in [-0.4, -0.2) is 20.6 Å². The van der Waals surface area contributed by atoms with E-state index in [1.54, 1.807) is 18.3 Å². The van der Waals surface area contributed by atoms with Crippen molar-refractivity contribution in [2.24, 2.45) is 0 Å². The summed E-state index contributed by atoms with van der Waals surface area (Å²) in [7, 11) is 0. The maximum absolute atomic E-state index is 14.1. The smallest absolute Gasteiger partial charge is 0.224 e. The highest BCUT2D eigenvalue weighted by atomic mass is 32.1. The number of thiocarbonyl (C=S) groups is 1. The number of anilines is 2. The zero-order chi connectivity index (χ0) is 27.0. The number of amides is 1. The highest BCUT2D eigenvalue weighted by Gasteiger charge is 2.42. The molecule has 1 saturated heterocycles. The molecule has 0 spiro atoms. The van der Waals surface area contributed by atoms with Crippen molar-refractivity contribution in [3.63, 3.8) is 0 Å². The Balaban J connectivity index is 1.64. The summed E-state index contributed by atoms with van der Waals surface area (Å²) in [5.41, 5.74) is 7.34. The Hall–Kier alpha value is -4.04. The van der Waals surface area contributed by atoms with Crippen molar-refractivity contribution in [1.82, 2.24) is 14.9 Å². The van der Waals surface area contributed by atoms with Crippen molar-refractivity contribution in [1.29, 1.82) is 0 Å². The summed E-state index contributed by atoms with van der Waals surface area (Å²) in [6.45, 7) is 7.88. The van der Waals surface area contributed by atoms with Crippen LogP contribution in [0.5, 0.6) is 0 Å². The van der Waals surface area contributed by atoms with Gasteiger partial charge in [-0.3, -0.25) is 9.78 Å². The number of carbonyl (C=O) groups is 1. The number of rotatable bonds is 6. The number of pyridine rings is 1. The second-order valence-corrected chi connectivity index (χ2v) is 9.93. The predicted octanol–water partition coefficient (Wildman–Crippen LogP) is 6.46. The first kappa shape index (κ1) is 25.6. The molecule has 1 aliphatic heterocycles. The lowest BCUT2D eigenvalue weighted by Crippen LogP contribution is -2.29. The van der Waals surface area contributed by atoms with Crippen LogP contribution in [0.2, 0.25) is 0 Å². The quantitative estimate of drug-likeness (QED) is 0.282. The first-order valence-corrected chi connectivity index (χ1v) is 13.0. The van der Waals surface area contributed by atoms with Crippen molar-refractivity contribution in [3.05, 3.63) is 107 Å². The van der Waals surface area contributed by atoms with Crippen LogP contribution in [0.15, 0.2) is 72.9 Å². The third-order valence-electron chi connectivity index (χ3n) is 7.04. The number of nitrogens with one attached hydrogen (secondary N) is 2. The molecule has 2 aromatic carbocycles. The van der Waals surface area contributed by atoms with Gasteiger partial charge in [-0.05, 0) is 98.7 Å². The van der Waals surface area contributed by atoms with E-state index in [1.807, 2.05) is 63.2 Å². The molecule has 38 heavy (non-hydrogen) atoms. The normalized spacial score (nSPS) is 17.0. The van der Waals surface area contributed by atoms with Gasteiger partial charge in [-0.25, -0.2) is 4.39 Å². The number of hydrogen-bond acceptors (Lipinski definition) is 3. The molecule has 2 atom stereocenters. The Morgan fingerprint density at radius 3 is 2.55 bits per heavy atom. The van der Waals surface area contributed by atoms with Crippen LogP contribution in [0.1, 0.15) is 53.6 Å². The summed E-state index contributed by atoms with van der Waals surface area (Å²) in [5.74, 6) is -0.309. The standard InChI is InChI=1S/C30H30FN5OS/c1-5-27(37)33-25-13-12-23(15-18(25)2)36-29(28(34-30(36)38)26-11-6-7-14-32-26)24-16-19(3)35(20(24)4)22-10-8-9-21(31)17-22/h6-17,28-29H,5H2,1-4H3,(H,33,37)(H,34,38). The van der Waals surface area contributed by atoms with Gasteiger partial charge in [0.15, 0.2) is 5.11 Å². The maximum atomic E-state index is 14.1. The van der Waals surface area contributed by atoms with Crippen LogP contribution in [-0.2, 0) is 4.79 Å². The van der Waals surface area contributed by atoms with E-state index in [1.165, 1.54) is 6.07 Å². The van der Waals surface area contributed by atoms with E-state index in [0.29, 0.717) is 11.5 Å². The van der Waals surface area contributed by atoms with Gasteiger partial charge < -0.3 is 20.1 Å². The van der Waals surface area contributed by atoms with Gasteiger partial charge in [0.2, 0.25) is 5.91 Å². The number of hydrogen-bond donors (Lipinski definition) is 2. The van der Waals surface area contributed by atoms with E-state index in [2.05, 4.69) is 38.1 Å². The summed E-state index contributed by atoms with van der Waals surface area (Å²) in [6, 6.07) is 20.2. The van der Waals surface area contributed by atoms with Crippen LogP contribution in [0, 0.1) is 26.6 Å². The minimum Gasteiger partial charge on any atom is -0.351 e. The molecule has 4 aromatic rings. The SMILES string of the molecule is CCC(=O)Nc1ccc(N2C(=S)NC(c3ccccn3)C2c2cc(C)n(-c3cccc(F)c3)c2C)cc1C. The fourth-order valence-corrected chi connectivity index (χ4v) is 5.57. The summed E-state index contributed by atoms with van der Waals surface area (Å²) in [5, 5.41) is 7.05. The van der Waals surface area contributed by atoms with Gasteiger partial charge in [0, 0.05) is 41.1 Å². The molecule has 2 aromatic heterocycles. The zero-order valence-electron chi connectivity index (χ0n) is 21.8. The molecule has 1 amide bonds. The van der Waals surface area contributed by atoms with E-state index in [4.69, 9.17) is 12.2 Å². The molecule has 0 radical (unpaired) electrons. The molecule has 1 aliphatic rings. The Morgan fingerprint density at radius 2 is 1.87 bits per heavy atom. The van der Waals surface area contributed by atoms with Crippen LogP contribution in [0.3, 0.4) is 0 Å². The number of halogens is 1. The van der Waals surface area contributed by atoms with Gasteiger partial charge >= 0.3 is 0 Å². The Labute approximate surface area is 227 Å². The number of aryl methyl sites for hydroxylation is 2. The largest absolute Gasteiger partial charge is 0.351 e. The highest BCUT2D eigenvalue weighted by Crippen LogP contribution is 2.44. The van der Waals surface area contributed by atoms with Gasteiger partial charge in [0.25, 0.3) is 0 Å². The monoisotopic (exact) mass is 527 g/mol. The fraction of sp³-hybridized carbons (Fsp3) is 0.233. The lowest BCUT2D eigenvalue weighted by Gasteiger charge is -2.29. The van der Waals surface area contributed by atoms with E-state index in [0.717, 1.165) is 45.3 Å². The van der Waals surface area contributed by atoms with Gasteiger partial charge in [-0.1, -0.05) is 19.1 Å². The average Bonchev–Trinajstić information content (AvgIpc) is 3.40. The second-order valence-electron chi connectivity index (χ2n) is 9.54. The van der Waals surface area contributed by atoms with Crippen LogP contribution < -0.4 is 15.5 Å². The third kappa shape index (κ3) is 4.67. The van der Waals surface area contributed by atoms with Crippen LogP contribution in [0.25, 0.3) is 5.69 Å². The third-order valence-corrected chi connectivity index (χ3v) is 7.35. The summed E-state index contributed by atoms with van der Waals surface area (Å²) in [6.07, 6.45) is 2.20. The van der Waals surface area contributed by atoms with Gasteiger partial charge in [0.1, 0.15) is 5.82 Å². The molecule has 1 fully saturated rings. The zero-order valence-corrected chi connectivity index (χ0v) is 22.6. The maximum Gasteiger partial charge on any atom is 0.224 e. The molecular formula is C30H30FN5OS. The van der Waals surface area contributed by atoms with Crippen molar-refractivity contribution in [2.75, 3.05) is 10.2 Å². The van der Waals surface area contributed by atoms with Gasteiger partial charge in [-0.15, -0.1) is 0 Å². The minimum atomic E-state index is -0.279. The van der Waals surface area contributed by atoms with Crippen molar-refractivity contribution in [3.8, 4) is 5.69 Å². The molecule has 0 saturated carbocycles. The minimum absolute atomic E-state index is 0.0305.